The van der Waals surface area contributed by atoms with Crippen LogP contribution in [0.25, 0.3) is 16.7 Å². The van der Waals surface area contributed by atoms with Crippen molar-refractivity contribution in [1.82, 2.24) is 15.0 Å². The SMILES string of the molecule is O[13c]1[13cH][13cH][13cH][13cH][13c]1-n1nc2ccccc2n1. The summed E-state index contributed by atoms with van der Waals surface area (Å²) in [5.74, 6) is 0.169. The van der Waals surface area contributed by atoms with Crippen molar-refractivity contribution < 1.29 is 5.11 Å². The lowest BCUT2D eigenvalue weighted by atomic mass is 10.3. The molecule has 0 aliphatic rings. The number of hydrogen-bond acceptors (Lipinski definition) is 3. The van der Waals surface area contributed by atoms with Crippen LogP contribution in [0.2, 0.25) is 0 Å². The van der Waals surface area contributed by atoms with Crippen molar-refractivity contribution in [2.75, 3.05) is 0 Å². The van der Waals surface area contributed by atoms with E-state index in [0.29, 0.717) is 5.69 Å². The van der Waals surface area contributed by atoms with Crippen LogP contribution in [0.3, 0.4) is 0 Å². The molecule has 0 bridgehead atoms. The molecule has 4 nitrogen and oxygen atoms in total. The average Bonchev–Trinajstić information content (AvgIpc) is 2.73. The fourth-order valence-corrected chi connectivity index (χ4v) is 1.60. The maximum Gasteiger partial charge on any atom is 0.143 e. The predicted molar refractivity (Wildman–Crippen MR) is 60.5 cm³/mol. The van der Waals surface area contributed by atoms with Gasteiger partial charge in [0.2, 0.25) is 0 Å². The summed E-state index contributed by atoms with van der Waals surface area (Å²) in [4.78, 5) is 1.44. The maximum atomic E-state index is 9.69. The van der Waals surface area contributed by atoms with E-state index in [1.807, 2.05) is 30.3 Å². The Bertz CT molecular complexity index is 612. The topological polar surface area (TPSA) is 50.9 Å². The van der Waals surface area contributed by atoms with E-state index in [9.17, 15) is 5.11 Å². The largest absolute Gasteiger partial charge is 0.506 e. The first kappa shape index (κ1) is 8.91. The summed E-state index contributed by atoms with van der Waals surface area (Å²) in [7, 11) is 0. The Hall–Kier alpha value is -2.36. The highest BCUT2D eigenvalue weighted by molar-refractivity contribution is 5.73. The third-order valence-corrected chi connectivity index (χ3v) is 2.38. The molecular formula is C12H9N3O. The van der Waals surface area contributed by atoms with Crippen LogP contribution in [0.5, 0.6) is 5.75 Å². The summed E-state index contributed by atoms with van der Waals surface area (Å²) in [6.45, 7) is 0. The zero-order valence-corrected chi connectivity index (χ0v) is 8.41. The Morgan fingerprint density at radius 3 is 2.00 bits per heavy atom. The molecule has 0 saturated carbocycles. The van der Waals surface area contributed by atoms with Gasteiger partial charge in [0.15, 0.2) is 0 Å². The van der Waals surface area contributed by atoms with Crippen molar-refractivity contribution in [3.8, 4) is 11.4 Å². The van der Waals surface area contributed by atoms with Gasteiger partial charge in [0, 0.05) is 0 Å². The molecule has 4 heteroatoms. The van der Waals surface area contributed by atoms with Crippen molar-refractivity contribution in [1.29, 1.82) is 0 Å². The van der Waals surface area contributed by atoms with Gasteiger partial charge in [-0.05, 0) is 24.3 Å². The van der Waals surface area contributed by atoms with E-state index in [0.717, 1.165) is 11.0 Å². The minimum Gasteiger partial charge on any atom is -0.506 e. The molecule has 0 amide bonds. The van der Waals surface area contributed by atoms with Crippen molar-refractivity contribution in [2.45, 2.75) is 0 Å². The Balaban J connectivity index is 2.23. The second-order valence-corrected chi connectivity index (χ2v) is 3.47. The monoisotopic (exact) mass is 217 g/mol. The molecule has 1 N–H and O–H groups in total. The Labute approximate surface area is 91.8 Å². The highest BCUT2D eigenvalue weighted by atomic mass is 16.3. The molecule has 0 spiro atoms. The smallest absolute Gasteiger partial charge is 0.143 e. The van der Waals surface area contributed by atoms with Crippen LogP contribution in [0.15, 0.2) is 48.5 Å². The van der Waals surface area contributed by atoms with E-state index >= 15 is 0 Å². The Morgan fingerprint density at radius 1 is 0.812 bits per heavy atom. The maximum absolute atomic E-state index is 9.69. The minimum atomic E-state index is 0.169. The summed E-state index contributed by atoms with van der Waals surface area (Å²) >= 11 is 0. The number of rotatable bonds is 1. The van der Waals surface area contributed by atoms with Crippen molar-refractivity contribution in [2.24, 2.45) is 0 Å². The summed E-state index contributed by atoms with van der Waals surface area (Å²) in [5, 5.41) is 18.3. The van der Waals surface area contributed by atoms with Crippen LogP contribution in [0, 0.1) is 0 Å². The third kappa shape index (κ3) is 1.32. The summed E-state index contributed by atoms with van der Waals surface area (Å²) in [6, 6.07) is 14.6. The second kappa shape index (κ2) is 3.34. The van der Waals surface area contributed by atoms with E-state index in [4.69, 9.17) is 0 Å². The Kier molecular flexibility index (Phi) is 1.86. The van der Waals surface area contributed by atoms with Gasteiger partial charge < -0.3 is 5.11 Å². The quantitative estimate of drug-likeness (QED) is 0.679. The molecule has 0 aliphatic carbocycles. The normalized spacial score (nSPS) is 10.8. The summed E-state index contributed by atoms with van der Waals surface area (Å²) in [6.07, 6.45) is 0. The number of benzene rings is 2. The molecule has 3 rings (SSSR count). The molecule has 0 saturated heterocycles. The first-order valence-electron chi connectivity index (χ1n) is 4.95. The van der Waals surface area contributed by atoms with E-state index < -0.39 is 0 Å². The van der Waals surface area contributed by atoms with Crippen molar-refractivity contribution in [3.63, 3.8) is 0 Å². The number of aromatic nitrogens is 3. The lowest BCUT2D eigenvalue weighted by molar-refractivity contribution is 0.468. The molecule has 0 aliphatic heterocycles. The average molecular weight is 217 g/mol. The van der Waals surface area contributed by atoms with Gasteiger partial charge in [0.1, 0.15) is 22.5 Å². The molecule has 16 heavy (non-hydrogen) atoms. The molecular weight excluding hydrogens is 208 g/mol. The van der Waals surface area contributed by atoms with E-state index in [1.54, 1.807) is 18.2 Å². The number of para-hydroxylation sites is 2. The van der Waals surface area contributed by atoms with E-state index in [-0.39, 0.29) is 5.75 Å². The number of aromatic hydroxyl groups is 1. The van der Waals surface area contributed by atoms with Crippen LogP contribution >= 0.6 is 0 Å². The second-order valence-electron chi connectivity index (χ2n) is 3.47. The molecule has 3 aromatic rings. The third-order valence-electron chi connectivity index (χ3n) is 2.38. The first-order chi connectivity index (χ1) is 7.84. The van der Waals surface area contributed by atoms with Crippen LogP contribution in [0.4, 0.5) is 0 Å². The van der Waals surface area contributed by atoms with Gasteiger partial charge in [-0.1, -0.05) is 24.3 Å². The highest BCUT2D eigenvalue weighted by Gasteiger charge is 2.06. The highest BCUT2D eigenvalue weighted by Crippen LogP contribution is 2.20. The standard InChI is InChI=1S/C12H9N3O/c16-12-8-4-3-7-11(12)15-13-9-5-1-2-6-10(9)14-15/h1-8,16H/i3+1,4+1,7+1,8+1,11+1,12+1. The van der Waals surface area contributed by atoms with Crippen molar-refractivity contribution in [3.05, 3.63) is 48.5 Å². The summed E-state index contributed by atoms with van der Waals surface area (Å²) < 4.78 is 0. The van der Waals surface area contributed by atoms with Gasteiger partial charge in [-0.3, -0.25) is 0 Å². The number of phenolic OH excluding ortho intramolecular Hbond substituents is 1. The number of nitrogens with zero attached hydrogens (tertiary/aromatic N) is 3. The van der Waals surface area contributed by atoms with E-state index in [1.165, 1.54) is 4.80 Å². The number of fused-ring (bicyclic) bond motifs is 1. The zero-order chi connectivity index (χ0) is 11.0. The van der Waals surface area contributed by atoms with Crippen LogP contribution in [0.1, 0.15) is 0 Å². The first-order valence-corrected chi connectivity index (χ1v) is 4.95. The minimum absolute atomic E-state index is 0.169. The lowest BCUT2D eigenvalue weighted by Crippen LogP contribution is -1.98. The Morgan fingerprint density at radius 2 is 1.38 bits per heavy atom. The fraction of sp³-hybridized carbons (Fsp3) is 0. The molecule has 0 fully saturated rings. The van der Waals surface area contributed by atoms with Gasteiger partial charge in [0.25, 0.3) is 0 Å². The van der Waals surface area contributed by atoms with Crippen molar-refractivity contribution >= 4 is 11.0 Å². The van der Waals surface area contributed by atoms with Gasteiger partial charge in [-0.2, -0.15) is 0 Å². The van der Waals surface area contributed by atoms with Gasteiger partial charge in [-0.25, -0.2) is 0 Å². The molecule has 0 unspecified atom stereocenters. The van der Waals surface area contributed by atoms with Gasteiger partial charge >= 0.3 is 0 Å². The molecule has 0 radical (unpaired) electrons. The zero-order valence-electron chi connectivity index (χ0n) is 8.41. The lowest BCUT2D eigenvalue weighted by Gasteiger charge is -2.00. The predicted octanol–water partition coefficient (Wildman–Crippen LogP) is 2.13. The molecule has 2 aromatic carbocycles. The number of hydrogen-bond donors (Lipinski definition) is 1. The van der Waals surface area contributed by atoms with Crippen LogP contribution < -0.4 is 0 Å². The molecule has 0 atom stereocenters. The van der Waals surface area contributed by atoms with Crippen LogP contribution in [-0.4, -0.2) is 20.1 Å². The number of phenols is 1. The molecule has 1 aromatic heterocycles. The summed E-state index contributed by atoms with van der Waals surface area (Å²) in [5.41, 5.74) is 2.20. The fourth-order valence-electron chi connectivity index (χ4n) is 1.60. The van der Waals surface area contributed by atoms with Crippen LogP contribution in [-0.2, 0) is 0 Å². The van der Waals surface area contributed by atoms with Gasteiger partial charge in [0.05, 0.1) is 0 Å². The van der Waals surface area contributed by atoms with E-state index in [2.05, 4.69) is 10.2 Å². The molecule has 1 heterocycles. The molecule has 78 valence electrons. The van der Waals surface area contributed by atoms with Gasteiger partial charge in [-0.15, -0.1) is 15.0 Å².